The Morgan fingerprint density at radius 2 is 0.759 bits per heavy atom. The number of hydrogen-bond donors (Lipinski definition) is 0. The average molecular weight is 372 g/mol. The minimum absolute atomic E-state index is 0.0683. The molecule has 0 radical (unpaired) electrons. The number of ether oxygens (including phenoxy) is 1. The second kappa shape index (κ2) is 6.58. The summed E-state index contributed by atoms with van der Waals surface area (Å²) in [6.45, 7) is 0. The topological polar surface area (TPSA) is 9.23 Å². The zero-order valence-electron chi connectivity index (χ0n) is 16.0. The van der Waals surface area contributed by atoms with Crippen LogP contribution in [-0.2, 0) is 4.74 Å². The van der Waals surface area contributed by atoms with Crippen LogP contribution in [0.1, 0.15) is 34.5 Å². The molecule has 5 aromatic rings. The van der Waals surface area contributed by atoms with Gasteiger partial charge in [0.15, 0.2) is 0 Å². The summed E-state index contributed by atoms with van der Waals surface area (Å²) in [5.74, 6) is 0. The molecule has 6 rings (SSSR count). The van der Waals surface area contributed by atoms with Gasteiger partial charge in [-0.3, -0.25) is 0 Å². The molecule has 0 aliphatic carbocycles. The van der Waals surface area contributed by atoms with Gasteiger partial charge in [0, 0.05) is 0 Å². The molecule has 1 heteroatoms. The summed E-state index contributed by atoms with van der Waals surface area (Å²) in [5.41, 5.74) is 5.00. The first-order valence-corrected chi connectivity index (χ1v) is 10.1. The summed E-state index contributed by atoms with van der Waals surface area (Å²) >= 11 is 0. The third kappa shape index (κ3) is 2.59. The molecular formula is C28H20O. The average Bonchev–Trinajstić information content (AvgIpc) is 3.18. The van der Waals surface area contributed by atoms with Gasteiger partial charge in [0.25, 0.3) is 0 Å². The summed E-state index contributed by atoms with van der Waals surface area (Å²) in [6, 6.07) is 38.8. The van der Waals surface area contributed by atoms with Crippen LogP contribution in [0.2, 0.25) is 0 Å². The molecule has 1 heterocycles. The van der Waals surface area contributed by atoms with Gasteiger partial charge in [-0.15, -0.1) is 0 Å². The van der Waals surface area contributed by atoms with E-state index in [4.69, 9.17) is 4.74 Å². The molecule has 0 aromatic heterocycles. The number of rotatable bonds is 2. The highest BCUT2D eigenvalue weighted by molar-refractivity contribution is 5.88. The van der Waals surface area contributed by atoms with Gasteiger partial charge in [0.05, 0.1) is 0 Å². The molecule has 1 aliphatic rings. The Bertz CT molecular complexity index is 1240. The van der Waals surface area contributed by atoms with E-state index in [1.54, 1.807) is 0 Å². The maximum Gasteiger partial charge on any atom is 0.110 e. The van der Waals surface area contributed by atoms with Gasteiger partial charge in [0.2, 0.25) is 0 Å². The van der Waals surface area contributed by atoms with Crippen molar-refractivity contribution in [2.75, 3.05) is 0 Å². The first-order chi connectivity index (χ1) is 14.4. The van der Waals surface area contributed by atoms with Crippen molar-refractivity contribution >= 4 is 21.5 Å². The van der Waals surface area contributed by atoms with Crippen molar-refractivity contribution in [1.29, 1.82) is 0 Å². The molecule has 0 fully saturated rings. The smallest absolute Gasteiger partial charge is 0.110 e. The fourth-order valence-corrected chi connectivity index (χ4v) is 4.71. The fourth-order valence-electron chi connectivity index (χ4n) is 4.71. The second-order valence-electron chi connectivity index (χ2n) is 7.66. The minimum atomic E-state index is -0.0683. The highest BCUT2D eigenvalue weighted by Gasteiger charge is 2.34. The van der Waals surface area contributed by atoms with Crippen molar-refractivity contribution in [1.82, 2.24) is 0 Å². The molecule has 0 N–H and O–H groups in total. The number of benzene rings is 5. The van der Waals surface area contributed by atoms with Crippen LogP contribution in [0, 0.1) is 0 Å². The molecule has 0 saturated carbocycles. The Kier molecular flexibility index (Phi) is 3.75. The van der Waals surface area contributed by atoms with Crippen LogP contribution >= 0.6 is 0 Å². The van der Waals surface area contributed by atoms with Crippen LogP contribution in [0.5, 0.6) is 0 Å². The van der Waals surface area contributed by atoms with Gasteiger partial charge in [-0.1, -0.05) is 109 Å². The van der Waals surface area contributed by atoms with Crippen LogP contribution < -0.4 is 0 Å². The fraction of sp³-hybridized carbons (Fsp3) is 0.0714. The van der Waals surface area contributed by atoms with E-state index in [1.165, 1.54) is 43.8 Å². The highest BCUT2D eigenvalue weighted by atomic mass is 16.5. The van der Waals surface area contributed by atoms with Gasteiger partial charge >= 0.3 is 0 Å². The van der Waals surface area contributed by atoms with E-state index in [1.807, 2.05) is 0 Å². The molecule has 0 spiro atoms. The first kappa shape index (κ1) is 16.5. The zero-order chi connectivity index (χ0) is 19.2. The lowest BCUT2D eigenvalue weighted by Gasteiger charge is -2.18. The lowest BCUT2D eigenvalue weighted by molar-refractivity contribution is 0.0598. The summed E-state index contributed by atoms with van der Waals surface area (Å²) in [5, 5.41) is 5.01. The SMILES string of the molecule is c1ccc2c(c1)C(c1cccc3ccccc13)OC2c1cccc2ccccc12. The van der Waals surface area contributed by atoms with Crippen LogP contribution in [0.3, 0.4) is 0 Å². The summed E-state index contributed by atoms with van der Waals surface area (Å²) in [4.78, 5) is 0. The van der Waals surface area contributed by atoms with E-state index >= 15 is 0 Å². The van der Waals surface area contributed by atoms with E-state index < -0.39 is 0 Å². The van der Waals surface area contributed by atoms with Crippen LogP contribution in [0.4, 0.5) is 0 Å². The van der Waals surface area contributed by atoms with E-state index in [0.29, 0.717) is 0 Å². The molecule has 1 aliphatic heterocycles. The monoisotopic (exact) mass is 372 g/mol. The predicted molar refractivity (Wildman–Crippen MR) is 119 cm³/mol. The largest absolute Gasteiger partial charge is 0.356 e. The maximum atomic E-state index is 6.82. The first-order valence-electron chi connectivity index (χ1n) is 10.1. The molecule has 0 saturated heterocycles. The van der Waals surface area contributed by atoms with Crippen LogP contribution in [0.15, 0.2) is 109 Å². The Balaban J connectivity index is 1.55. The predicted octanol–water partition coefficient (Wildman–Crippen LogP) is 7.20. The Labute approximate surface area is 170 Å². The maximum absolute atomic E-state index is 6.82. The van der Waals surface area contributed by atoms with E-state index in [-0.39, 0.29) is 12.2 Å². The quantitative estimate of drug-likeness (QED) is 0.318. The number of fused-ring (bicyclic) bond motifs is 3. The van der Waals surface area contributed by atoms with Gasteiger partial charge < -0.3 is 4.74 Å². The molecule has 1 nitrogen and oxygen atoms in total. The Morgan fingerprint density at radius 1 is 0.379 bits per heavy atom. The van der Waals surface area contributed by atoms with Gasteiger partial charge in [-0.05, 0) is 43.8 Å². The van der Waals surface area contributed by atoms with Crippen molar-refractivity contribution in [3.05, 3.63) is 131 Å². The Hall–Kier alpha value is -3.42. The van der Waals surface area contributed by atoms with Gasteiger partial charge in [-0.25, -0.2) is 0 Å². The third-order valence-corrected chi connectivity index (χ3v) is 6.04. The lowest BCUT2D eigenvalue weighted by atomic mass is 9.91. The van der Waals surface area contributed by atoms with Crippen LogP contribution in [0.25, 0.3) is 21.5 Å². The van der Waals surface area contributed by atoms with Crippen molar-refractivity contribution in [3.8, 4) is 0 Å². The van der Waals surface area contributed by atoms with E-state index in [2.05, 4.69) is 109 Å². The second-order valence-corrected chi connectivity index (χ2v) is 7.66. The molecule has 0 amide bonds. The molecule has 29 heavy (non-hydrogen) atoms. The molecule has 138 valence electrons. The van der Waals surface area contributed by atoms with Crippen molar-refractivity contribution in [2.24, 2.45) is 0 Å². The van der Waals surface area contributed by atoms with Crippen molar-refractivity contribution in [3.63, 3.8) is 0 Å². The van der Waals surface area contributed by atoms with Gasteiger partial charge in [-0.2, -0.15) is 0 Å². The highest BCUT2D eigenvalue weighted by Crippen LogP contribution is 2.48. The van der Waals surface area contributed by atoms with E-state index in [9.17, 15) is 0 Å². The summed E-state index contributed by atoms with van der Waals surface area (Å²) < 4.78 is 6.82. The molecule has 2 unspecified atom stereocenters. The van der Waals surface area contributed by atoms with Crippen LogP contribution in [-0.4, -0.2) is 0 Å². The molecular weight excluding hydrogens is 352 g/mol. The van der Waals surface area contributed by atoms with Crippen molar-refractivity contribution < 1.29 is 4.74 Å². The van der Waals surface area contributed by atoms with Gasteiger partial charge in [0.1, 0.15) is 12.2 Å². The summed E-state index contributed by atoms with van der Waals surface area (Å²) in [7, 11) is 0. The van der Waals surface area contributed by atoms with Crippen molar-refractivity contribution in [2.45, 2.75) is 12.2 Å². The molecule has 0 bridgehead atoms. The number of hydrogen-bond acceptors (Lipinski definition) is 1. The normalized spacial score (nSPS) is 18.2. The van der Waals surface area contributed by atoms with E-state index in [0.717, 1.165) is 0 Å². The molecule has 2 atom stereocenters. The molecule has 5 aromatic carbocycles. The minimum Gasteiger partial charge on any atom is -0.356 e. The summed E-state index contributed by atoms with van der Waals surface area (Å²) in [6.07, 6.45) is -0.137. The third-order valence-electron chi connectivity index (χ3n) is 6.04. The Morgan fingerprint density at radius 3 is 1.28 bits per heavy atom. The standard InChI is InChI=1S/C28H20O/c1-3-13-21-19(9-1)11-7-17-23(21)27-25-15-5-6-16-26(25)28(29-27)24-18-8-12-20-10-2-4-14-22(20)24/h1-18,27-28H. The zero-order valence-corrected chi connectivity index (χ0v) is 16.0. The lowest BCUT2D eigenvalue weighted by Crippen LogP contribution is -2.03.